The zero-order valence-corrected chi connectivity index (χ0v) is 11.2. The van der Waals surface area contributed by atoms with Crippen molar-refractivity contribution in [3.05, 3.63) is 18.0 Å². The van der Waals surface area contributed by atoms with Crippen LogP contribution in [-0.4, -0.2) is 41.4 Å². The molecule has 1 atom stereocenters. The topological polar surface area (TPSA) is 61.2 Å². The zero-order chi connectivity index (χ0) is 13.2. The number of aromatic nitrogens is 3. The summed E-state index contributed by atoms with van der Waals surface area (Å²) in [6.07, 6.45) is 4.75. The Labute approximate surface area is 111 Å². The number of hydrogen-bond acceptors (Lipinski definition) is 5. The van der Waals surface area contributed by atoms with Crippen molar-refractivity contribution in [3.63, 3.8) is 0 Å². The molecule has 1 saturated heterocycles. The molecule has 1 aliphatic rings. The zero-order valence-electron chi connectivity index (χ0n) is 11.2. The van der Waals surface area contributed by atoms with Crippen LogP contribution in [0.1, 0.15) is 18.0 Å². The van der Waals surface area contributed by atoms with Gasteiger partial charge in [0.1, 0.15) is 5.52 Å². The summed E-state index contributed by atoms with van der Waals surface area (Å²) in [5, 5.41) is 3.49. The third-order valence-electron chi connectivity index (χ3n) is 3.40. The molecule has 1 fully saturated rings. The maximum atomic E-state index is 5.63. The Morgan fingerprint density at radius 1 is 1.53 bits per heavy atom. The second kappa shape index (κ2) is 5.14. The minimum atomic E-state index is 0.160. The van der Waals surface area contributed by atoms with E-state index in [0.717, 1.165) is 36.3 Å². The lowest BCUT2D eigenvalue weighted by Gasteiger charge is -2.13. The molecule has 3 rings (SSSR count). The van der Waals surface area contributed by atoms with E-state index in [4.69, 9.17) is 9.47 Å². The fourth-order valence-electron chi connectivity index (χ4n) is 2.41. The van der Waals surface area contributed by atoms with Crippen molar-refractivity contribution < 1.29 is 9.47 Å². The van der Waals surface area contributed by atoms with Crippen LogP contribution < -0.4 is 10.1 Å². The summed E-state index contributed by atoms with van der Waals surface area (Å²) >= 11 is 0. The highest BCUT2D eigenvalue weighted by Crippen LogP contribution is 2.25. The van der Waals surface area contributed by atoms with E-state index in [1.807, 2.05) is 11.6 Å². The standard InChI is InChI=1S/C13H18N4O2/c1-17-7-9(10-8-19-5-3-4-14-10)12-13(17)15-6-11(16-12)18-2/h6-7,10,14H,3-5,8H2,1-2H3. The average molecular weight is 262 g/mol. The van der Waals surface area contributed by atoms with Gasteiger partial charge in [-0.15, -0.1) is 0 Å². The van der Waals surface area contributed by atoms with Gasteiger partial charge in [-0.05, 0) is 13.0 Å². The van der Waals surface area contributed by atoms with E-state index in [1.54, 1.807) is 13.3 Å². The molecule has 2 aromatic rings. The summed E-state index contributed by atoms with van der Waals surface area (Å²) < 4.78 is 12.8. The van der Waals surface area contributed by atoms with Crippen molar-refractivity contribution in [2.24, 2.45) is 7.05 Å². The molecule has 1 aliphatic heterocycles. The molecule has 2 aromatic heterocycles. The van der Waals surface area contributed by atoms with Crippen molar-refractivity contribution in [2.75, 3.05) is 26.9 Å². The Hall–Kier alpha value is -1.66. The average Bonchev–Trinajstić information content (AvgIpc) is 2.64. The van der Waals surface area contributed by atoms with E-state index in [1.165, 1.54) is 0 Å². The van der Waals surface area contributed by atoms with E-state index in [-0.39, 0.29) is 6.04 Å². The summed E-state index contributed by atoms with van der Waals surface area (Å²) in [5.41, 5.74) is 2.86. The highest BCUT2D eigenvalue weighted by Gasteiger charge is 2.20. The van der Waals surface area contributed by atoms with Crippen LogP contribution >= 0.6 is 0 Å². The van der Waals surface area contributed by atoms with Crippen LogP contribution in [0.4, 0.5) is 0 Å². The van der Waals surface area contributed by atoms with Gasteiger partial charge in [0.2, 0.25) is 5.88 Å². The molecule has 0 amide bonds. The number of aryl methyl sites for hydroxylation is 1. The third kappa shape index (κ3) is 2.29. The highest BCUT2D eigenvalue weighted by atomic mass is 16.5. The summed E-state index contributed by atoms with van der Waals surface area (Å²) in [5.74, 6) is 0.537. The van der Waals surface area contributed by atoms with Gasteiger partial charge in [-0.25, -0.2) is 9.97 Å². The Kier molecular flexibility index (Phi) is 3.35. The fraction of sp³-hybridized carbons (Fsp3) is 0.538. The normalized spacial score (nSPS) is 20.4. The van der Waals surface area contributed by atoms with E-state index < -0.39 is 0 Å². The molecule has 0 radical (unpaired) electrons. The minimum absolute atomic E-state index is 0.160. The van der Waals surface area contributed by atoms with Gasteiger partial charge in [0.15, 0.2) is 5.65 Å². The summed E-state index contributed by atoms with van der Waals surface area (Å²) in [6.45, 7) is 2.43. The van der Waals surface area contributed by atoms with Gasteiger partial charge in [-0.1, -0.05) is 0 Å². The summed E-state index contributed by atoms with van der Waals surface area (Å²) in [7, 11) is 3.58. The van der Waals surface area contributed by atoms with E-state index in [9.17, 15) is 0 Å². The van der Waals surface area contributed by atoms with Crippen molar-refractivity contribution in [2.45, 2.75) is 12.5 Å². The van der Waals surface area contributed by atoms with E-state index >= 15 is 0 Å². The number of hydrogen-bond donors (Lipinski definition) is 1. The molecule has 0 aliphatic carbocycles. The number of nitrogens with zero attached hydrogens (tertiary/aromatic N) is 3. The molecule has 0 aromatic carbocycles. The molecule has 19 heavy (non-hydrogen) atoms. The van der Waals surface area contributed by atoms with Gasteiger partial charge >= 0.3 is 0 Å². The quantitative estimate of drug-likeness (QED) is 0.876. The van der Waals surface area contributed by atoms with Gasteiger partial charge in [-0.2, -0.15) is 0 Å². The summed E-state index contributed by atoms with van der Waals surface area (Å²) in [6, 6.07) is 0.160. The predicted octanol–water partition coefficient (Wildman–Crippen LogP) is 1.03. The van der Waals surface area contributed by atoms with Crippen molar-refractivity contribution >= 4 is 11.2 Å². The van der Waals surface area contributed by atoms with Crippen LogP contribution in [0, 0.1) is 0 Å². The summed E-state index contributed by atoms with van der Waals surface area (Å²) in [4.78, 5) is 8.92. The number of ether oxygens (including phenoxy) is 2. The molecule has 0 saturated carbocycles. The van der Waals surface area contributed by atoms with Crippen LogP contribution in [0.15, 0.2) is 12.4 Å². The first-order chi connectivity index (χ1) is 9.29. The molecule has 0 bridgehead atoms. The van der Waals surface area contributed by atoms with Gasteiger partial charge in [0.25, 0.3) is 0 Å². The Morgan fingerprint density at radius 3 is 3.26 bits per heavy atom. The van der Waals surface area contributed by atoms with Crippen molar-refractivity contribution in [3.8, 4) is 5.88 Å². The second-order valence-electron chi connectivity index (χ2n) is 4.72. The van der Waals surface area contributed by atoms with Gasteiger partial charge in [0.05, 0.1) is 26.0 Å². The Balaban J connectivity index is 2.06. The van der Waals surface area contributed by atoms with Crippen LogP contribution in [0.5, 0.6) is 5.88 Å². The van der Waals surface area contributed by atoms with E-state index in [0.29, 0.717) is 12.5 Å². The van der Waals surface area contributed by atoms with Gasteiger partial charge in [-0.3, -0.25) is 0 Å². The molecular weight excluding hydrogens is 244 g/mol. The first kappa shape index (κ1) is 12.4. The van der Waals surface area contributed by atoms with Crippen LogP contribution in [0.25, 0.3) is 11.2 Å². The largest absolute Gasteiger partial charge is 0.480 e. The lowest BCUT2D eigenvalue weighted by molar-refractivity contribution is 0.132. The highest BCUT2D eigenvalue weighted by molar-refractivity contribution is 5.77. The minimum Gasteiger partial charge on any atom is -0.480 e. The smallest absolute Gasteiger partial charge is 0.232 e. The fourth-order valence-corrected chi connectivity index (χ4v) is 2.41. The number of methoxy groups -OCH3 is 1. The van der Waals surface area contributed by atoms with Crippen LogP contribution in [-0.2, 0) is 11.8 Å². The Morgan fingerprint density at radius 2 is 2.42 bits per heavy atom. The number of fused-ring (bicyclic) bond motifs is 1. The van der Waals surface area contributed by atoms with Gasteiger partial charge in [0, 0.05) is 25.4 Å². The first-order valence-electron chi connectivity index (χ1n) is 6.46. The molecule has 6 heteroatoms. The SMILES string of the molecule is COc1cnc2c(n1)c(C1COCCCN1)cn2C. The van der Waals surface area contributed by atoms with Gasteiger partial charge < -0.3 is 19.4 Å². The van der Waals surface area contributed by atoms with Crippen LogP contribution in [0.3, 0.4) is 0 Å². The number of rotatable bonds is 2. The molecule has 102 valence electrons. The van der Waals surface area contributed by atoms with Crippen molar-refractivity contribution in [1.82, 2.24) is 19.9 Å². The first-order valence-corrected chi connectivity index (χ1v) is 6.46. The molecule has 1 unspecified atom stereocenters. The van der Waals surface area contributed by atoms with Crippen molar-refractivity contribution in [1.29, 1.82) is 0 Å². The maximum absolute atomic E-state index is 5.63. The van der Waals surface area contributed by atoms with Crippen LogP contribution in [0.2, 0.25) is 0 Å². The predicted molar refractivity (Wildman–Crippen MR) is 71.2 cm³/mol. The number of nitrogens with one attached hydrogen (secondary N) is 1. The lowest BCUT2D eigenvalue weighted by Crippen LogP contribution is -2.23. The maximum Gasteiger partial charge on any atom is 0.232 e. The molecule has 0 spiro atoms. The Bertz CT molecular complexity index is 573. The molecule has 3 heterocycles. The second-order valence-corrected chi connectivity index (χ2v) is 4.72. The molecule has 6 nitrogen and oxygen atoms in total. The lowest BCUT2D eigenvalue weighted by atomic mass is 10.1. The molecular formula is C13H18N4O2. The third-order valence-corrected chi connectivity index (χ3v) is 3.40. The van der Waals surface area contributed by atoms with E-state index in [2.05, 4.69) is 21.5 Å². The monoisotopic (exact) mass is 262 g/mol. The molecule has 1 N–H and O–H groups in total.